The first-order valence-corrected chi connectivity index (χ1v) is 15.2. The average molecular weight is 561 g/mol. The van der Waals surface area contributed by atoms with Gasteiger partial charge in [-0.1, -0.05) is 110 Å². The Kier molecular flexibility index (Phi) is 7.47. The summed E-state index contributed by atoms with van der Waals surface area (Å²) >= 11 is 0. The van der Waals surface area contributed by atoms with E-state index in [1.807, 2.05) is 12.1 Å². The van der Waals surface area contributed by atoms with Crippen molar-refractivity contribution in [3.05, 3.63) is 117 Å². The zero-order valence-corrected chi connectivity index (χ0v) is 26.2. The minimum atomic E-state index is -0.936. The van der Waals surface area contributed by atoms with Crippen LogP contribution in [0.4, 0.5) is 11.4 Å². The summed E-state index contributed by atoms with van der Waals surface area (Å²) in [5.74, 6) is -0.0851. The van der Waals surface area contributed by atoms with Crippen LogP contribution in [0.2, 0.25) is 0 Å². The van der Waals surface area contributed by atoms with Gasteiger partial charge in [-0.3, -0.25) is 0 Å². The molecule has 0 saturated heterocycles. The van der Waals surface area contributed by atoms with Gasteiger partial charge in [0.1, 0.15) is 0 Å². The maximum Gasteiger partial charge on any atom is 0.335 e. The van der Waals surface area contributed by atoms with Gasteiger partial charge in [-0.25, -0.2) is 4.79 Å². The molecule has 0 amide bonds. The van der Waals surface area contributed by atoms with Crippen LogP contribution in [0.1, 0.15) is 134 Å². The van der Waals surface area contributed by atoms with Crippen molar-refractivity contribution in [1.82, 2.24) is 0 Å². The summed E-state index contributed by atoms with van der Waals surface area (Å²) in [6.07, 6.45) is 0. The van der Waals surface area contributed by atoms with E-state index in [0.717, 1.165) is 67.0 Å². The number of benzene rings is 4. The molecular formula is C38H44N2O2. The summed E-state index contributed by atoms with van der Waals surface area (Å²) in [5.41, 5.74) is 25.8. The summed E-state index contributed by atoms with van der Waals surface area (Å²) in [6.45, 7) is 17.5. The van der Waals surface area contributed by atoms with E-state index in [2.05, 4.69) is 104 Å². The monoisotopic (exact) mass is 560 g/mol. The number of rotatable bonds is 7. The van der Waals surface area contributed by atoms with Crippen LogP contribution in [0.5, 0.6) is 0 Å². The first kappa shape index (κ1) is 29.4. The molecule has 218 valence electrons. The first-order chi connectivity index (χ1) is 19.8. The predicted molar refractivity (Wildman–Crippen MR) is 176 cm³/mol. The van der Waals surface area contributed by atoms with Gasteiger partial charge < -0.3 is 16.6 Å². The van der Waals surface area contributed by atoms with Gasteiger partial charge in [0.2, 0.25) is 0 Å². The Morgan fingerprint density at radius 1 is 0.595 bits per heavy atom. The Labute approximate surface area is 250 Å². The van der Waals surface area contributed by atoms with Crippen molar-refractivity contribution < 1.29 is 9.90 Å². The lowest BCUT2D eigenvalue weighted by molar-refractivity contribution is 0.0696. The van der Waals surface area contributed by atoms with E-state index in [1.54, 1.807) is 6.07 Å². The number of fused-ring (bicyclic) bond motifs is 3. The summed E-state index contributed by atoms with van der Waals surface area (Å²) in [6, 6.07) is 23.2. The Morgan fingerprint density at radius 3 is 1.40 bits per heavy atom. The van der Waals surface area contributed by atoms with E-state index in [-0.39, 0.29) is 29.2 Å². The molecule has 4 aromatic carbocycles. The van der Waals surface area contributed by atoms with E-state index >= 15 is 0 Å². The molecule has 5 rings (SSSR count). The molecule has 0 aromatic heterocycles. The maximum atomic E-state index is 12.4. The van der Waals surface area contributed by atoms with Crippen LogP contribution in [-0.4, -0.2) is 11.1 Å². The molecule has 4 nitrogen and oxygen atoms in total. The van der Waals surface area contributed by atoms with Crippen molar-refractivity contribution in [3.63, 3.8) is 0 Å². The largest absolute Gasteiger partial charge is 0.478 e. The molecule has 0 radical (unpaired) electrons. The smallest absolute Gasteiger partial charge is 0.335 e. The molecule has 0 bridgehead atoms. The van der Waals surface area contributed by atoms with Gasteiger partial charge >= 0.3 is 5.97 Å². The number of anilines is 2. The van der Waals surface area contributed by atoms with Crippen molar-refractivity contribution >= 4 is 17.3 Å². The van der Waals surface area contributed by atoms with Crippen molar-refractivity contribution in [3.8, 4) is 11.1 Å². The minimum Gasteiger partial charge on any atom is -0.478 e. The van der Waals surface area contributed by atoms with Crippen LogP contribution in [0, 0.1) is 0 Å². The highest BCUT2D eigenvalue weighted by atomic mass is 16.4. The normalized spacial score (nSPS) is 13.7. The van der Waals surface area contributed by atoms with Crippen molar-refractivity contribution in [2.75, 3.05) is 11.5 Å². The number of hydrogen-bond acceptors (Lipinski definition) is 3. The third-order valence-electron chi connectivity index (χ3n) is 9.13. The lowest BCUT2D eigenvalue weighted by atomic mass is 9.65. The third-order valence-corrected chi connectivity index (χ3v) is 9.13. The second kappa shape index (κ2) is 10.7. The number of hydrogen-bond donors (Lipinski definition) is 3. The van der Waals surface area contributed by atoms with Crippen molar-refractivity contribution in [2.24, 2.45) is 0 Å². The lowest BCUT2D eigenvalue weighted by Gasteiger charge is -2.37. The molecule has 5 N–H and O–H groups in total. The van der Waals surface area contributed by atoms with Gasteiger partial charge in [0.15, 0.2) is 0 Å². The Bertz CT molecular complexity index is 1570. The van der Waals surface area contributed by atoms with Crippen LogP contribution >= 0.6 is 0 Å². The molecule has 1 aliphatic carbocycles. The van der Waals surface area contributed by atoms with Crippen molar-refractivity contribution in [1.29, 1.82) is 0 Å². The van der Waals surface area contributed by atoms with Gasteiger partial charge in [0, 0.05) is 11.4 Å². The van der Waals surface area contributed by atoms with Gasteiger partial charge in [0.25, 0.3) is 0 Å². The van der Waals surface area contributed by atoms with E-state index in [9.17, 15) is 9.90 Å². The van der Waals surface area contributed by atoms with Gasteiger partial charge in [-0.15, -0.1) is 0 Å². The van der Waals surface area contributed by atoms with Crippen molar-refractivity contribution in [2.45, 2.75) is 84.5 Å². The zero-order chi connectivity index (χ0) is 30.7. The molecule has 42 heavy (non-hydrogen) atoms. The standard InChI is InChI=1S/C38H44N2O2/c1-20(2)29-16-25(17-30(21(3)4)35(29)39)38(26-18-31(22(5)6)36(40)32(19-26)23(7)8)33-12-10-9-11-27(33)28-14-13-24(37(41)42)15-34(28)38/h9-23H,39-40H2,1-8H3,(H,41,42). The van der Waals surface area contributed by atoms with Crippen LogP contribution in [0.3, 0.4) is 0 Å². The summed E-state index contributed by atoms with van der Waals surface area (Å²) < 4.78 is 0. The van der Waals surface area contributed by atoms with Gasteiger partial charge in [-0.2, -0.15) is 0 Å². The fourth-order valence-electron chi connectivity index (χ4n) is 6.94. The van der Waals surface area contributed by atoms with Crippen LogP contribution in [-0.2, 0) is 5.41 Å². The summed E-state index contributed by atoms with van der Waals surface area (Å²) in [5, 5.41) is 10.2. The number of carboxylic acid groups (broad SMARTS) is 1. The molecule has 4 heteroatoms. The second-order valence-electron chi connectivity index (χ2n) is 13.1. The van der Waals surface area contributed by atoms with Crippen LogP contribution in [0.15, 0.2) is 66.7 Å². The Hall–Kier alpha value is -4.05. The second-order valence-corrected chi connectivity index (χ2v) is 13.1. The van der Waals surface area contributed by atoms with E-state index in [0.29, 0.717) is 0 Å². The Morgan fingerprint density at radius 2 is 1.00 bits per heavy atom. The summed E-state index contributed by atoms with van der Waals surface area (Å²) in [7, 11) is 0. The highest BCUT2D eigenvalue weighted by Crippen LogP contribution is 2.58. The number of aromatic carboxylic acids is 1. The number of nitrogen functional groups attached to an aromatic ring is 2. The van der Waals surface area contributed by atoms with Crippen LogP contribution in [0.25, 0.3) is 11.1 Å². The average Bonchev–Trinajstić information content (AvgIpc) is 3.23. The number of carboxylic acids is 1. The fraction of sp³-hybridized carbons (Fsp3) is 0.342. The van der Waals surface area contributed by atoms with Gasteiger partial charge in [-0.05, 0) is 91.4 Å². The molecule has 0 aliphatic heterocycles. The molecule has 0 heterocycles. The van der Waals surface area contributed by atoms with E-state index in [4.69, 9.17) is 11.5 Å². The summed E-state index contributed by atoms with van der Waals surface area (Å²) in [4.78, 5) is 12.4. The van der Waals surface area contributed by atoms with E-state index < -0.39 is 11.4 Å². The van der Waals surface area contributed by atoms with Crippen LogP contribution < -0.4 is 11.5 Å². The third kappa shape index (κ3) is 4.40. The fourth-order valence-corrected chi connectivity index (χ4v) is 6.94. The quantitative estimate of drug-likeness (QED) is 0.173. The molecule has 4 aromatic rings. The minimum absolute atomic E-state index is 0.213. The topological polar surface area (TPSA) is 89.3 Å². The number of nitrogens with two attached hydrogens (primary N) is 2. The molecular weight excluding hydrogens is 516 g/mol. The number of carbonyl (C=O) groups is 1. The zero-order valence-electron chi connectivity index (χ0n) is 26.2. The Balaban J connectivity index is 2.06. The van der Waals surface area contributed by atoms with E-state index in [1.165, 1.54) is 0 Å². The molecule has 0 saturated carbocycles. The predicted octanol–water partition coefficient (Wildman–Crippen LogP) is 9.41. The lowest BCUT2D eigenvalue weighted by Crippen LogP contribution is -2.30. The molecule has 1 aliphatic rings. The van der Waals surface area contributed by atoms with Gasteiger partial charge in [0.05, 0.1) is 11.0 Å². The SMILES string of the molecule is CC(C)c1cc(C2(c3cc(C(C)C)c(N)c(C(C)C)c3)c3ccccc3-c3ccc(C(=O)O)cc32)cc(C(C)C)c1N. The maximum absolute atomic E-state index is 12.4. The molecule has 0 atom stereocenters. The first-order valence-electron chi connectivity index (χ1n) is 15.2. The molecule has 0 unspecified atom stereocenters. The highest BCUT2D eigenvalue weighted by molar-refractivity contribution is 5.93. The highest BCUT2D eigenvalue weighted by Gasteiger charge is 2.47. The molecule has 0 spiro atoms. The molecule has 0 fully saturated rings.